The van der Waals surface area contributed by atoms with Gasteiger partial charge in [0.15, 0.2) is 11.5 Å². The first-order valence-electron chi connectivity index (χ1n) is 24.4. The number of halogens is 2. The summed E-state index contributed by atoms with van der Waals surface area (Å²) in [5, 5.41) is 31.6. The van der Waals surface area contributed by atoms with Crippen LogP contribution in [0.5, 0.6) is 17.2 Å². The molecule has 4 N–H and O–H groups in total. The van der Waals surface area contributed by atoms with Crippen molar-refractivity contribution in [3.63, 3.8) is 0 Å². The van der Waals surface area contributed by atoms with E-state index in [1.807, 2.05) is 62.4 Å². The number of aliphatic hydroxyl groups excluding tert-OH is 1. The Morgan fingerprint density at radius 2 is 1.69 bits per heavy atom. The van der Waals surface area contributed by atoms with Gasteiger partial charge in [0, 0.05) is 82.4 Å². The number of aromatic nitrogens is 2. The number of benzene rings is 3. The van der Waals surface area contributed by atoms with Gasteiger partial charge in [0.2, 0.25) is 17.7 Å². The maximum absolute atomic E-state index is 14.1. The molecule has 0 radical (unpaired) electrons. The van der Waals surface area contributed by atoms with Gasteiger partial charge in [-0.1, -0.05) is 74.7 Å². The molecule has 3 amide bonds. The van der Waals surface area contributed by atoms with Gasteiger partial charge in [-0.25, -0.2) is 4.98 Å². The monoisotopic (exact) mass is 1040 g/mol. The number of aryl methyl sites for hydroxylation is 1. The van der Waals surface area contributed by atoms with Crippen LogP contribution in [0.1, 0.15) is 76.1 Å². The summed E-state index contributed by atoms with van der Waals surface area (Å²) in [6.45, 7) is 13.1. The van der Waals surface area contributed by atoms with Gasteiger partial charge in [0.05, 0.1) is 81.6 Å². The average Bonchev–Trinajstić information content (AvgIpc) is 3.99. The zero-order chi connectivity index (χ0) is 51.5. The van der Waals surface area contributed by atoms with Crippen molar-refractivity contribution in [2.45, 2.75) is 91.0 Å². The van der Waals surface area contributed by atoms with E-state index in [9.17, 15) is 24.8 Å². The summed E-state index contributed by atoms with van der Waals surface area (Å²) in [5.74, 6) is 1.12. The molecule has 2 aliphatic rings. The van der Waals surface area contributed by atoms with Gasteiger partial charge in [-0.15, -0.1) is 11.3 Å². The van der Waals surface area contributed by atoms with Crippen molar-refractivity contribution in [1.29, 1.82) is 5.26 Å². The Kier molecular flexibility index (Phi) is 18.6. The van der Waals surface area contributed by atoms with Gasteiger partial charge in [0.1, 0.15) is 17.9 Å². The highest BCUT2D eigenvalue weighted by Crippen LogP contribution is 2.41. The number of hydrogen-bond acceptors (Lipinski definition) is 14. The number of pyridine rings is 1. The van der Waals surface area contributed by atoms with Gasteiger partial charge in [0.25, 0.3) is 0 Å². The number of β-amino-alcohol motifs (C(OH)–C–C–N with tert-alkyl or cyclic N) is 1. The number of amides is 3. The number of methoxy groups -OCH3 is 2. The van der Waals surface area contributed by atoms with Crippen LogP contribution in [-0.4, -0.2) is 132 Å². The van der Waals surface area contributed by atoms with Gasteiger partial charge >= 0.3 is 0 Å². The highest BCUT2D eigenvalue weighted by atomic mass is 35.5. The highest BCUT2D eigenvalue weighted by molar-refractivity contribution is 7.13. The first-order valence-corrected chi connectivity index (χ1v) is 26.0. The summed E-state index contributed by atoms with van der Waals surface area (Å²) in [6.07, 6.45) is 4.49. The van der Waals surface area contributed by atoms with E-state index in [1.165, 1.54) is 18.2 Å². The molecule has 3 unspecified atom stereocenters. The number of aliphatic hydroxyl groups is 1. The molecular formula is C53H65Cl2N9O7S. The molecule has 0 aliphatic carbocycles. The fourth-order valence-corrected chi connectivity index (χ4v) is 10.5. The highest BCUT2D eigenvalue weighted by Gasteiger charge is 2.43. The number of fused-ring (bicyclic) bond motifs is 1. The second-order valence-electron chi connectivity index (χ2n) is 19.3. The van der Waals surface area contributed by atoms with E-state index in [4.69, 9.17) is 37.4 Å². The van der Waals surface area contributed by atoms with Crippen molar-refractivity contribution in [1.82, 2.24) is 35.3 Å². The molecule has 384 valence electrons. The normalized spacial score (nSPS) is 16.6. The summed E-state index contributed by atoms with van der Waals surface area (Å²) in [5.41, 5.74) is 6.29. The van der Waals surface area contributed by atoms with E-state index in [-0.39, 0.29) is 30.7 Å². The van der Waals surface area contributed by atoms with Crippen molar-refractivity contribution in [3.8, 4) is 33.8 Å². The molecule has 2 saturated heterocycles. The van der Waals surface area contributed by atoms with Crippen LogP contribution >= 0.6 is 34.5 Å². The molecular weight excluding hydrogens is 978 g/mol. The SMILES string of the molecule is COc1cc(Nc2c(C#N)cnc3cc(OCCCN4CCN(C(=O)CCCCCNC(C(=O)N5CC(O)CC5C(=O)NCc5ccc(-c6scnc6C)cc5)C(C)(C)C)CC4)c(OC)cc23)c(Cl)cc1Cl. The Bertz CT molecular complexity index is 2740. The number of nitrogens with zero attached hydrogens (tertiary/aromatic N) is 6. The lowest BCUT2D eigenvalue weighted by atomic mass is 9.85. The Balaban J connectivity index is 0.807. The molecule has 2 aliphatic heterocycles. The van der Waals surface area contributed by atoms with E-state index in [0.717, 1.165) is 67.0 Å². The molecule has 0 saturated carbocycles. The Morgan fingerprint density at radius 3 is 2.38 bits per heavy atom. The lowest BCUT2D eigenvalue weighted by molar-refractivity contribution is -0.142. The fourth-order valence-electron chi connectivity index (χ4n) is 9.18. The molecule has 3 atom stereocenters. The third kappa shape index (κ3) is 13.5. The molecule has 3 aromatic carbocycles. The van der Waals surface area contributed by atoms with Crippen molar-refractivity contribution >= 4 is 74.5 Å². The van der Waals surface area contributed by atoms with E-state index in [1.54, 1.807) is 42.7 Å². The number of hydrogen-bond donors (Lipinski definition) is 4. The Morgan fingerprint density at radius 1 is 0.944 bits per heavy atom. The topological polar surface area (TPSA) is 195 Å². The smallest absolute Gasteiger partial charge is 0.243 e. The molecule has 4 heterocycles. The number of piperazine rings is 1. The number of unbranched alkanes of at least 4 members (excludes halogenated alkanes) is 2. The molecule has 0 bridgehead atoms. The number of ether oxygens (including phenoxy) is 3. The van der Waals surface area contributed by atoms with Crippen LogP contribution in [0.2, 0.25) is 10.0 Å². The minimum atomic E-state index is -0.783. The molecule has 72 heavy (non-hydrogen) atoms. The van der Waals surface area contributed by atoms with Gasteiger partial charge < -0.3 is 45.1 Å². The van der Waals surface area contributed by atoms with Crippen molar-refractivity contribution in [2.75, 3.05) is 72.0 Å². The number of carbonyl (C=O) groups excluding carboxylic acids is 3. The number of thiazole rings is 1. The predicted octanol–water partition coefficient (Wildman–Crippen LogP) is 8.36. The summed E-state index contributed by atoms with van der Waals surface area (Å²) in [7, 11) is 3.07. The number of rotatable bonds is 21. The van der Waals surface area contributed by atoms with Crippen LogP contribution < -0.4 is 30.2 Å². The minimum absolute atomic E-state index is 0.104. The summed E-state index contributed by atoms with van der Waals surface area (Å²) in [6, 6.07) is 15.7. The van der Waals surface area contributed by atoms with Crippen LogP contribution in [0.25, 0.3) is 21.3 Å². The number of nitriles is 1. The maximum atomic E-state index is 14.1. The molecule has 19 heteroatoms. The standard InChI is InChI=1S/C53H65Cl2N9O7S/c1-33-49(72-32-60-33)35-14-12-34(13-15-35)29-59-51(67)43-23-37(65)31-64(43)52(68)50(53(2,3)4)57-16-9-7-8-11-47(66)63-20-18-62(19-21-63)17-10-22-71-46-26-41-38(24-45(46)70-6)48(36(28-56)30-58-41)61-42-27-44(69-5)40(55)25-39(42)54/h12-15,24-27,30,32,37,43,50,57,65H,7-11,16-23,29,31H2,1-6H3,(H,58,61)(H,59,67). The predicted molar refractivity (Wildman–Crippen MR) is 282 cm³/mol. The lowest BCUT2D eigenvalue weighted by Crippen LogP contribution is -2.56. The van der Waals surface area contributed by atoms with E-state index in [2.05, 4.69) is 36.9 Å². The van der Waals surface area contributed by atoms with Gasteiger partial charge in [-0.05, 0) is 61.4 Å². The number of carbonyl (C=O) groups is 3. The van der Waals surface area contributed by atoms with Crippen LogP contribution in [0.3, 0.4) is 0 Å². The fraction of sp³-hybridized carbons (Fsp3) is 0.472. The van der Waals surface area contributed by atoms with Crippen LogP contribution in [0.15, 0.2) is 60.2 Å². The second-order valence-corrected chi connectivity index (χ2v) is 21.0. The summed E-state index contributed by atoms with van der Waals surface area (Å²) < 4.78 is 17.3. The molecule has 2 aromatic heterocycles. The largest absolute Gasteiger partial charge is 0.495 e. The first kappa shape index (κ1) is 54.0. The third-order valence-electron chi connectivity index (χ3n) is 13.2. The molecule has 5 aromatic rings. The number of anilines is 2. The Hall–Kier alpha value is -5.74. The molecule has 7 rings (SSSR count). The van der Waals surface area contributed by atoms with Crippen molar-refractivity contribution in [2.24, 2.45) is 5.41 Å². The quantitative estimate of drug-likeness (QED) is 0.0513. The zero-order valence-corrected chi connectivity index (χ0v) is 44.2. The summed E-state index contributed by atoms with van der Waals surface area (Å²) >= 11 is 14.3. The third-order valence-corrected chi connectivity index (χ3v) is 14.8. The second kappa shape index (κ2) is 24.8. The maximum Gasteiger partial charge on any atom is 0.243 e. The van der Waals surface area contributed by atoms with E-state index in [0.29, 0.717) is 94.3 Å². The lowest BCUT2D eigenvalue weighted by Gasteiger charge is -2.35. The zero-order valence-electron chi connectivity index (χ0n) is 41.9. The van der Waals surface area contributed by atoms with Gasteiger partial charge in [-0.3, -0.25) is 24.3 Å². The number of nitrogens with one attached hydrogen (secondary N) is 3. The average molecular weight is 1040 g/mol. The molecule has 16 nitrogen and oxygen atoms in total. The summed E-state index contributed by atoms with van der Waals surface area (Å²) in [4.78, 5) is 56.6. The number of likely N-dealkylation sites (tertiary alicyclic amines) is 1. The van der Waals surface area contributed by atoms with Crippen LogP contribution in [-0.2, 0) is 20.9 Å². The van der Waals surface area contributed by atoms with Gasteiger partial charge in [-0.2, -0.15) is 5.26 Å². The first-order chi connectivity index (χ1) is 34.6. The Labute approximate surface area is 435 Å². The van der Waals surface area contributed by atoms with Crippen LogP contribution in [0, 0.1) is 23.7 Å². The molecule has 2 fully saturated rings. The van der Waals surface area contributed by atoms with Crippen LogP contribution in [0.4, 0.5) is 11.4 Å². The minimum Gasteiger partial charge on any atom is -0.495 e. The van der Waals surface area contributed by atoms with Crippen molar-refractivity contribution in [3.05, 3.63) is 87.1 Å². The van der Waals surface area contributed by atoms with E-state index < -0.39 is 23.6 Å². The van der Waals surface area contributed by atoms with E-state index >= 15 is 0 Å². The van der Waals surface area contributed by atoms with Crippen molar-refractivity contribution < 1.29 is 33.7 Å². The molecule has 0 spiro atoms.